The van der Waals surface area contributed by atoms with Crippen LogP contribution < -0.4 is 5.32 Å². The van der Waals surface area contributed by atoms with Crippen molar-refractivity contribution in [3.05, 3.63) is 0 Å². The van der Waals surface area contributed by atoms with Crippen LogP contribution >= 0.6 is 0 Å². The Labute approximate surface area is 50.5 Å². The summed E-state index contributed by atoms with van der Waals surface area (Å²) in [6, 6.07) is 0. The van der Waals surface area contributed by atoms with Crippen LogP contribution in [0.3, 0.4) is 0 Å². The summed E-state index contributed by atoms with van der Waals surface area (Å²) in [5, 5.41) is 4.39. The highest BCUT2D eigenvalue weighted by Gasteiger charge is 2.43. The predicted molar refractivity (Wildman–Crippen MR) is 32.8 cm³/mol. The lowest BCUT2D eigenvalue weighted by Crippen LogP contribution is -2.25. The van der Waals surface area contributed by atoms with Crippen LogP contribution in [0.15, 0.2) is 0 Å². The zero-order chi connectivity index (χ0) is 5.45. The molecule has 1 heterocycles. The molecule has 0 aromatic rings. The highest BCUT2D eigenvalue weighted by atomic mass is 14.9. The third-order valence-electron chi connectivity index (χ3n) is 2.43. The van der Waals surface area contributed by atoms with Crippen LogP contribution in [-0.4, -0.2) is 13.1 Å². The highest BCUT2D eigenvalue weighted by Crippen LogP contribution is 2.50. The van der Waals surface area contributed by atoms with Crippen molar-refractivity contribution in [3.8, 4) is 0 Å². The van der Waals surface area contributed by atoms with E-state index in [4.69, 9.17) is 0 Å². The summed E-state index contributed by atoms with van der Waals surface area (Å²) in [6.07, 6.45) is 5.77. The second kappa shape index (κ2) is 1.47. The summed E-state index contributed by atoms with van der Waals surface area (Å²) in [4.78, 5) is 0. The van der Waals surface area contributed by atoms with Gasteiger partial charge in [0.15, 0.2) is 0 Å². The summed E-state index contributed by atoms with van der Waals surface area (Å²) in [7, 11) is 0. The maximum Gasteiger partial charge on any atom is 0.0190 e. The SMILES string of the molecule is C1C[N]CC2(C1)CC2. The van der Waals surface area contributed by atoms with E-state index >= 15 is 0 Å². The van der Waals surface area contributed by atoms with Gasteiger partial charge >= 0.3 is 0 Å². The lowest BCUT2D eigenvalue weighted by molar-refractivity contribution is 0.352. The molecule has 2 rings (SSSR count). The Kier molecular flexibility index (Phi) is 0.884. The van der Waals surface area contributed by atoms with Gasteiger partial charge in [-0.05, 0) is 31.1 Å². The molecule has 1 spiro atoms. The van der Waals surface area contributed by atoms with Gasteiger partial charge in [0, 0.05) is 13.1 Å². The van der Waals surface area contributed by atoms with Crippen LogP contribution in [0, 0.1) is 5.41 Å². The Morgan fingerprint density at radius 1 is 1.12 bits per heavy atom. The molecule has 1 radical (unpaired) electrons. The van der Waals surface area contributed by atoms with Gasteiger partial charge in [-0.1, -0.05) is 0 Å². The fourth-order valence-corrected chi connectivity index (χ4v) is 1.55. The monoisotopic (exact) mass is 110 g/mol. The summed E-state index contributed by atoms with van der Waals surface area (Å²) in [5.74, 6) is 0. The third kappa shape index (κ3) is 0.655. The molecular formula is C7H12N. The quantitative estimate of drug-likeness (QED) is 0.444. The molecule has 45 valence electrons. The predicted octanol–water partition coefficient (Wildman–Crippen LogP) is 1.16. The smallest absolute Gasteiger partial charge is 0.0190 e. The van der Waals surface area contributed by atoms with E-state index in [2.05, 4.69) is 5.32 Å². The van der Waals surface area contributed by atoms with Gasteiger partial charge in [-0.2, -0.15) is 0 Å². The first-order valence-corrected chi connectivity index (χ1v) is 3.55. The van der Waals surface area contributed by atoms with E-state index in [0.717, 1.165) is 12.0 Å². The molecule has 0 N–H and O–H groups in total. The molecule has 2 fully saturated rings. The van der Waals surface area contributed by atoms with Gasteiger partial charge in [0.25, 0.3) is 0 Å². The van der Waals surface area contributed by atoms with Crippen molar-refractivity contribution in [2.75, 3.05) is 13.1 Å². The van der Waals surface area contributed by atoms with E-state index in [0.29, 0.717) is 0 Å². The standard InChI is InChI=1S/C7H12N/c1-2-7(3-4-7)6-8-5-1/h1-6H2. The zero-order valence-corrected chi connectivity index (χ0v) is 5.19. The second-order valence-corrected chi connectivity index (χ2v) is 3.21. The molecule has 0 aromatic carbocycles. The molecule has 1 nitrogen and oxygen atoms in total. The van der Waals surface area contributed by atoms with Crippen LogP contribution in [0.4, 0.5) is 0 Å². The average molecular weight is 110 g/mol. The van der Waals surface area contributed by atoms with Crippen molar-refractivity contribution in [2.24, 2.45) is 5.41 Å². The Balaban J connectivity index is 1.95. The van der Waals surface area contributed by atoms with Crippen molar-refractivity contribution in [2.45, 2.75) is 25.7 Å². The van der Waals surface area contributed by atoms with Gasteiger partial charge in [0.1, 0.15) is 0 Å². The minimum atomic E-state index is 0.762. The van der Waals surface area contributed by atoms with Gasteiger partial charge in [-0.25, -0.2) is 5.32 Å². The molecule has 1 heteroatoms. The Bertz CT molecular complexity index is 86.6. The average Bonchev–Trinajstić information content (AvgIpc) is 2.52. The van der Waals surface area contributed by atoms with Gasteiger partial charge in [-0.15, -0.1) is 0 Å². The summed E-state index contributed by atoms with van der Waals surface area (Å²) in [6.45, 7) is 2.33. The molecule has 0 atom stereocenters. The molecular weight excluding hydrogens is 98.1 g/mol. The maximum absolute atomic E-state index is 4.39. The minimum absolute atomic E-state index is 0.762. The Hall–Kier alpha value is -0.0400. The molecule has 0 bridgehead atoms. The Morgan fingerprint density at radius 3 is 2.38 bits per heavy atom. The molecule has 8 heavy (non-hydrogen) atoms. The molecule has 1 saturated heterocycles. The number of nitrogens with zero attached hydrogens (tertiary/aromatic N) is 1. The second-order valence-electron chi connectivity index (χ2n) is 3.21. The van der Waals surface area contributed by atoms with Crippen LogP contribution in [0.1, 0.15) is 25.7 Å². The number of rotatable bonds is 0. The first kappa shape index (κ1) is 4.80. The fourth-order valence-electron chi connectivity index (χ4n) is 1.55. The van der Waals surface area contributed by atoms with E-state index < -0.39 is 0 Å². The summed E-state index contributed by atoms with van der Waals surface area (Å²) < 4.78 is 0. The normalized spacial score (nSPS) is 33.0. The van der Waals surface area contributed by atoms with Crippen molar-refractivity contribution in [3.63, 3.8) is 0 Å². The molecule has 1 saturated carbocycles. The molecule has 0 aromatic heterocycles. The summed E-state index contributed by atoms with van der Waals surface area (Å²) >= 11 is 0. The molecule has 1 aliphatic heterocycles. The van der Waals surface area contributed by atoms with Crippen LogP contribution in [0.2, 0.25) is 0 Å². The fraction of sp³-hybridized carbons (Fsp3) is 1.00. The molecule has 0 unspecified atom stereocenters. The largest absolute Gasteiger partial charge is 0.241 e. The van der Waals surface area contributed by atoms with E-state index in [1.165, 1.54) is 32.2 Å². The Morgan fingerprint density at radius 2 is 2.00 bits per heavy atom. The summed E-state index contributed by atoms with van der Waals surface area (Å²) in [5.41, 5.74) is 0.762. The van der Waals surface area contributed by atoms with Crippen LogP contribution in [-0.2, 0) is 0 Å². The first-order chi connectivity index (χ1) is 3.91. The van der Waals surface area contributed by atoms with E-state index in [1.54, 1.807) is 0 Å². The van der Waals surface area contributed by atoms with E-state index in [1.807, 2.05) is 0 Å². The lowest BCUT2D eigenvalue weighted by atomic mass is 9.97. The van der Waals surface area contributed by atoms with Crippen molar-refractivity contribution in [1.29, 1.82) is 0 Å². The molecule has 0 amide bonds. The maximum atomic E-state index is 4.39. The van der Waals surface area contributed by atoms with Crippen molar-refractivity contribution >= 4 is 0 Å². The van der Waals surface area contributed by atoms with Gasteiger partial charge in [-0.3, -0.25) is 0 Å². The topological polar surface area (TPSA) is 14.1 Å². The molecule has 2 aliphatic rings. The van der Waals surface area contributed by atoms with Gasteiger partial charge < -0.3 is 0 Å². The third-order valence-corrected chi connectivity index (χ3v) is 2.43. The number of piperidine rings is 1. The first-order valence-electron chi connectivity index (χ1n) is 3.55. The van der Waals surface area contributed by atoms with Crippen LogP contribution in [0.5, 0.6) is 0 Å². The number of hydrogen-bond acceptors (Lipinski definition) is 0. The molecule has 1 aliphatic carbocycles. The van der Waals surface area contributed by atoms with Gasteiger partial charge in [0.2, 0.25) is 0 Å². The van der Waals surface area contributed by atoms with E-state index in [9.17, 15) is 0 Å². The lowest BCUT2D eigenvalue weighted by Gasteiger charge is -2.19. The number of hydrogen-bond donors (Lipinski definition) is 0. The van der Waals surface area contributed by atoms with Crippen molar-refractivity contribution < 1.29 is 0 Å². The van der Waals surface area contributed by atoms with Gasteiger partial charge in [0.05, 0.1) is 0 Å². The minimum Gasteiger partial charge on any atom is -0.241 e. The highest BCUT2D eigenvalue weighted by molar-refractivity contribution is 4.96. The van der Waals surface area contributed by atoms with E-state index in [-0.39, 0.29) is 0 Å². The van der Waals surface area contributed by atoms with Crippen molar-refractivity contribution in [1.82, 2.24) is 5.32 Å². The zero-order valence-electron chi connectivity index (χ0n) is 5.19. The van der Waals surface area contributed by atoms with Crippen LogP contribution in [0.25, 0.3) is 0 Å².